The Balaban J connectivity index is 1.63. The number of hydrogen-bond donors (Lipinski definition) is 3. The molecule has 21 heavy (non-hydrogen) atoms. The number of carbonyl (C=O) groups excluding carboxylic acids is 1. The van der Waals surface area contributed by atoms with E-state index in [-0.39, 0.29) is 30.0 Å². The van der Waals surface area contributed by atoms with Crippen LogP contribution in [0.1, 0.15) is 39.5 Å². The minimum absolute atomic E-state index is 0.0390. The molecule has 5 heteroatoms. The molecule has 0 aromatic rings. The molecule has 5 nitrogen and oxygen atoms in total. The third kappa shape index (κ3) is 2.05. The van der Waals surface area contributed by atoms with Crippen LogP contribution in [0.25, 0.3) is 0 Å². The van der Waals surface area contributed by atoms with Crippen LogP contribution in [0.3, 0.4) is 0 Å². The molecule has 5 atom stereocenters. The van der Waals surface area contributed by atoms with E-state index in [1.54, 1.807) is 0 Å². The summed E-state index contributed by atoms with van der Waals surface area (Å²) in [4.78, 5) is 12.7. The number of nitrogens with one attached hydrogen (secondary N) is 1. The Morgan fingerprint density at radius 1 is 1.33 bits per heavy atom. The molecule has 0 radical (unpaired) electrons. The number of aliphatic hydroxyl groups is 1. The van der Waals surface area contributed by atoms with Crippen molar-refractivity contribution in [3.63, 3.8) is 0 Å². The van der Waals surface area contributed by atoms with Crippen LogP contribution in [0, 0.1) is 23.2 Å². The molecule has 2 aliphatic carbocycles. The molecule has 4 N–H and O–H groups in total. The summed E-state index contributed by atoms with van der Waals surface area (Å²) < 4.78 is 5.73. The van der Waals surface area contributed by atoms with Crippen molar-refractivity contribution >= 4 is 5.91 Å². The van der Waals surface area contributed by atoms with Crippen LogP contribution in [-0.2, 0) is 9.53 Å². The second kappa shape index (κ2) is 5.21. The zero-order valence-electron chi connectivity index (χ0n) is 13.1. The number of carbonyl (C=O) groups is 1. The lowest BCUT2D eigenvalue weighted by Crippen LogP contribution is -2.80. The summed E-state index contributed by atoms with van der Waals surface area (Å²) >= 11 is 0. The van der Waals surface area contributed by atoms with Gasteiger partial charge in [-0.15, -0.1) is 0 Å². The van der Waals surface area contributed by atoms with E-state index in [4.69, 9.17) is 10.5 Å². The number of amides is 1. The van der Waals surface area contributed by atoms with Gasteiger partial charge in [0.25, 0.3) is 0 Å². The van der Waals surface area contributed by atoms with Gasteiger partial charge in [0, 0.05) is 31.1 Å². The van der Waals surface area contributed by atoms with Gasteiger partial charge in [-0.05, 0) is 31.1 Å². The summed E-state index contributed by atoms with van der Waals surface area (Å²) in [6, 6.07) is 0. The van der Waals surface area contributed by atoms with E-state index in [1.165, 1.54) is 0 Å². The van der Waals surface area contributed by atoms with Crippen LogP contribution in [0.15, 0.2) is 0 Å². The molecule has 3 rings (SSSR count). The van der Waals surface area contributed by atoms with Gasteiger partial charge in [-0.1, -0.05) is 20.3 Å². The van der Waals surface area contributed by atoms with Gasteiger partial charge in [-0.25, -0.2) is 0 Å². The molecule has 1 saturated heterocycles. The number of nitrogens with two attached hydrogens (primary N) is 1. The van der Waals surface area contributed by atoms with Gasteiger partial charge in [0.2, 0.25) is 5.91 Å². The molecule has 0 aromatic heterocycles. The lowest BCUT2D eigenvalue weighted by Gasteiger charge is -2.60. The zero-order valence-corrected chi connectivity index (χ0v) is 13.1. The summed E-state index contributed by atoms with van der Waals surface area (Å²) in [6.45, 7) is 5.63. The molecule has 2 saturated carbocycles. The summed E-state index contributed by atoms with van der Waals surface area (Å²) in [5, 5.41) is 12.4. The second-order valence-corrected chi connectivity index (χ2v) is 7.62. The normalized spacial score (nSPS) is 44.2. The summed E-state index contributed by atoms with van der Waals surface area (Å²) in [6.07, 6.45) is 4.28. The standard InChI is InChI=1S/C16H28N2O3/c1-15(2)13-12(6-7-21-13)16(15,17)14(20)18-8-10-4-3-5-11(10)9-19/h10-13,19H,3-9,17H2,1-2H3,(H,18,20). The molecule has 1 heterocycles. The topological polar surface area (TPSA) is 84.6 Å². The van der Waals surface area contributed by atoms with E-state index in [0.717, 1.165) is 25.7 Å². The number of rotatable bonds is 4. The lowest BCUT2D eigenvalue weighted by atomic mass is 9.48. The average Bonchev–Trinajstić information content (AvgIpc) is 3.11. The van der Waals surface area contributed by atoms with E-state index < -0.39 is 5.54 Å². The molecular formula is C16H28N2O3. The molecule has 0 spiro atoms. The summed E-state index contributed by atoms with van der Waals surface area (Å²) in [7, 11) is 0. The van der Waals surface area contributed by atoms with E-state index in [2.05, 4.69) is 5.32 Å². The molecule has 1 aliphatic heterocycles. The number of ether oxygens (including phenoxy) is 1. The van der Waals surface area contributed by atoms with Crippen molar-refractivity contribution in [2.45, 2.75) is 51.2 Å². The van der Waals surface area contributed by atoms with E-state index in [1.807, 2.05) is 13.8 Å². The van der Waals surface area contributed by atoms with E-state index >= 15 is 0 Å². The van der Waals surface area contributed by atoms with Gasteiger partial charge >= 0.3 is 0 Å². The third-order valence-corrected chi connectivity index (χ3v) is 6.41. The monoisotopic (exact) mass is 296 g/mol. The van der Waals surface area contributed by atoms with Crippen molar-refractivity contribution in [1.29, 1.82) is 0 Å². The highest BCUT2D eigenvalue weighted by atomic mass is 16.5. The highest BCUT2D eigenvalue weighted by Gasteiger charge is 2.71. The maximum absolute atomic E-state index is 12.7. The highest BCUT2D eigenvalue weighted by Crippen LogP contribution is 2.58. The first-order chi connectivity index (χ1) is 9.92. The van der Waals surface area contributed by atoms with Gasteiger partial charge in [0.1, 0.15) is 5.54 Å². The Bertz CT molecular complexity index is 426. The van der Waals surface area contributed by atoms with Gasteiger partial charge in [-0.2, -0.15) is 0 Å². The fourth-order valence-electron chi connectivity index (χ4n) is 4.84. The smallest absolute Gasteiger partial charge is 0.241 e. The lowest BCUT2D eigenvalue weighted by molar-refractivity contribution is -0.175. The average molecular weight is 296 g/mol. The maximum Gasteiger partial charge on any atom is 0.241 e. The van der Waals surface area contributed by atoms with Crippen molar-refractivity contribution in [2.24, 2.45) is 28.9 Å². The summed E-state index contributed by atoms with van der Waals surface area (Å²) in [5.41, 5.74) is 5.39. The van der Waals surface area contributed by atoms with E-state index in [0.29, 0.717) is 25.0 Å². The quantitative estimate of drug-likeness (QED) is 0.711. The Morgan fingerprint density at radius 3 is 2.76 bits per heavy atom. The van der Waals surface area contributed by atoms with Crippen molar-refractivity contribution < 1.29 is 14.6 Å². The molecule has 3 fully saturated rings. The van der Waals surface area contributed by atoms with Crippen LogP contribution in [-0.4, -0.2) is 42.4 Å². The molecule has 3 aliphatic rings. The minimum atomic E-state index is -0.818. The van der Waals surface area contributed by atoms with Crippen LogP contribution in [0.5, 0.6) is 0 Å². The molecule has 0 aromatic carbocycles. The first-order valence-electron chi connectivity index (χ1n) is 8.22. The SMILES string of the molecule is CC1(C)C2OCCC2C1(N)C(=O)NCC1CCCC1CO. The number of fused-ring (bicyclic) bond motifs is 1. The van der Waals surface area contributed by atoms with Crippen LogP contribution >= 0.6 is 0 Å². The van der Waals surface area contributed by atoms with Gasteiger partial charge in [-0.3, -0.25) is 4.79 Å². The molecule has 0 bridgehead atoms. The van der Waals surface area contributed by atoms with Crippen molar-refractivity contribution in [3.8, 4) is 0 Å². The molecule has 120 valence electrons. The van der Waals surface area contributed by atoms with Crippen LogP contribution in [0.2, 0.25) is 0 Å². The Labute approximate surface area is 126 Å². The van der Waals surface area contributed by atoms with Crippen LogP contribution in [0.4, 0.5) is 0 Å². The van der Waals surface area contributed by atoms with Crippen molar-refractivity contribution in [3.05, 3.63) is 0 Å². The van der Waals surface area contributed by atoms with Gasteiger partial charge in [0.15, 0.2) is 0 Å². The van der Waals surface area contributed by atoms with Crippen molar-refractivity contribution in [2.75, 3.05) is 19.8 Å². The van der Waals surface area contributed by atoms with Gasteiger partial charge in [0.05, 0.1) is 6.10 Å². The Hall–Kier alpha value is -0.650. The maximum atomic E-state index is 12.7. The molecule has 1 amide bonds. The fourth-order valence-corrected chi connectivity index (χ4v) is 4.84. The fraction of sp³-hybridized carbons (Fsp3) is 0.938. The Kier molecular flexibility index (Phi) is 3.79. The first kappa shape index (κ1) is 15.3. The zero-order chi connectivity index (χ0) is 15.3. The predicted molar refractivity (Wildman–Crippen MR) is 79.5 cm³/mol. The first-order valence-corrected chi connectivity index (χ1v) is 8.22. The minimum Gasteiger partial charge on any atom is -0.396 e. The largest absolute Gasteiger partial charge is 0.396 e. The highest BCUT2D eigenvalue weighted by molar-refractivity contribution is 5.89. The predicted octanol–water partition coefficient (Wildman–Crippen LogP) is 0.654. The molecule has 5 unspecified atom stereocenters. The van der Waals surface area contributed by atoms with Crippen LogP contribution < -0.4 is 11.1 Å². The van der Waals surface area contributed by atoms with Gasteiger partial charge < -0.3 is 20.9 Å². The number of aliphatic hydroxyl groups excluding tert-OH is 1. The second-order valence-electron chi connectivity index (χ2n) is 7.62. The van der Waals surface area contributed by atoms with E-state index in [9.17, 15) is 9.90 Å². The third-order valence-electron chi connectivity index (χ3n) is 6.41. The summed E-state index contributed by atoms with van der Waals surface area (Å²) in [5.74, 6) is 0.824. The van der Waals surface area contributed by atoms with Crippen molar-refractivity contribution in [1.82, 2.24) is 5.32 Å². The molecular weight excluding hydrogens is 268 g/mol. The Morgan fingerprint density at radius 2 is 2.05 bits per heavy atom. The number of hydrogen-bond acceptors (Lipinski definition) is 4.